The van der Waals surface area contributed by atoms with Crippen molar-refractivity contribution in [2.24, 2.45) is 5.41 Å². The molecular weight excluding hydrogens is 230 g/mol. The van der Waals surface area contributed by atoms with Gasteiger partial charge in [-0.1, -0.05) is 56.3 Å². The number of rotatable bonds is 5. The molecule has 2 rings (SSSR count). The largest absolute Gasteiger partial charge is 0.317 e. The quantitative estimate of drug-likeness (QED) is 0.834. The summed E-state index contributed by atoms with van der Waals surface area (Å²) in [5.74, 6) is 0. The molecule has 0 saturated heterocycles. The third kappa shape index (κ3) is 3.57. The fourth-order valence-electron chi connectivity index (χ4n) is 2.97. The van der Waals surface area contributed by atoms with E-state index >= 15 is 0 Å². The topological polar surface area (TPSA) is 12.0 Å². The van der Waals surface area contributed by atoms with E-state index in [2.05, 4.69) is 68.6 Å². The average Bonchev–Trinajstić information content (AvgIpc) is 2.38. The van der Waals surface area contributed by atoms with Crippen molar-refractivity contribution in [1.82, 2.24) is 5.32 Å². The number of nitrogens with one attached hydrogen (secondary N) is 1. The molecule has 102 valence electrons. The smallest absolute Gasteiger partial charge is 0.00409 e. The van der Waals surface area contributed by atoms with Gasteiger partial charge < -0.3 is 5.32 Å². The van der Waals surface area contributed by atoms with Crippen molar-refractivity contribution in [2.45, 2.75) is 39.7 Å². The molecule has 0 aliphatic rings. The van der Waals surface area contributed by atoms with Gasteiger partial charge in [-0.2, -0.15) is 0 Å². The summed E-state index contributed by atoms with van der Waals surface area (Å²) >= 11 is 0. The summed E-state index contributed by atoms with van der Waals surface area (Å²) in [5.41, 5.74) is 1.78. The van der Waals surface area contributed by atoms with Crippen LogP contribution in [0.15, 0.2) is 42.5 Å². The van der Waals surface area contributed by atoms with Gasteiger partial charge >= 0.3 is 0 Å². The van der Waals surface area contributed by atoms with E-state index in [1.54, 1.807) is 0 Å². The lowest BCUT2D eigenvalue weighted by molar-refractivity contribution is 0.294. The van der Waals surface area contributed by atoms with E-state index in [4.69, 9.17) is 0 Å². The Labute approximate surface area is 117 Å². The third-order valence-corrected chi connectivity index (χ3v) is 3.90. The molecule has 0 amide bonds. The summed E-state index contributed by atoms with van der Waals surface area (Å²) in [5, 5.41) is 6.09. The molecule has 0 saturated carbocycles. The molecule has 0 fully saturated rings. The van der Waals surface area contributed by atoms with Crippen molar-refractivity contribution in [2.75, 3.05) is 7.05 Å². The lowest BCUT2D eigenvalue weighted by Crippen LogP contribution is -2.29. The zero-order valence-electron chi connectivity index (χ0n) is 12.5. The van der Waals surface area contributed by atoms with E-state index in [1.165, 1.54) is 22.8 Å². The van der Waals surface area contributed by atoms with Crippen molar-refractivity contribution in [3.8, 4) is 0 Å². The van der Waals surface area contributed by atoms with E-state index in [0.717, 1.165) is 6.42 Å². The summed E-state index contributed by atoms with van der Waals surface area (Å²) in [4.78, 5) is 0. The molecule has 0 radical (unpaired) electrons. The van der Waals surface area contributed by atoms with Gasteiger partial charge in [0.25, 0.3) is 0 Å². The summed E-state index contributed by atoms with van der Waals surface area (Å²) in [6, 6.07) is 15.9. The Hall–Kier alpha value is -1.34. The second-order valence-electron chi connectivity index (χ2n) is 6.37. The Bertz CT molecular complexity index is 537. The number of hydrogen-bond donors (Lipinski definition) is 1. The van der Waals surface area contributed by atoms with E-state index in [1.807, 2.05) is 7.05 Å². The SMILES string of the molecule is CNC(C)CC(C)(C)Cc1cccc2ccccc12. The molecule has 0 aliphatic heterocycles. The van der Waals surface area contributed by atoms with Crippen molar-refractivity contribution in [1.29, 1.82) is 0 Å². The maximum Gasteiger partial charge on any atom is 0.00409 e. The van der Waals surface area contributed by atoms with Crippen LogP contribution in [0.1, 0.15) is 32.8 Å². The zero-order valence-corrected chi connectivity index (χ0v) is 12.5. The van der Waals surface area contributed by atoms with Crippen LogP contribution in [0.4, 0.5) is 0 Å². The van der Waals surface area contributed by atoms with Crippen LogP contribution in [0, 0.1) is 5.41 Å². The summed E-state index contributed by atoms with van der Waals surface area (Å²) in [7, 11) is 2.04. The van der Waals surface area contributed by atoms with Gasteiger partial charge in [-0.3, -0.25) is 0 Å². The highest BCUT2D eigenvalue weighted by atomic mass is 14.9. The third-order valence-electron chi connectivity index (χ3n) is 3.90. The van der Waals surface area contributed by atoms with Crippen molar-refractivity contribution < 1.29 is 0 Å². The van der Waals surface area contributed by atoms with Crippen LogP contribution >= 0.6 is 0 Å². The second kappa shape index (κ2) is 5.75. The first-order chi connectivity index (χ1) is 9.02. The maximum atomic E-state index is 3.34. The molecule has 0 aromatic heterocycles. The molecule has 0 aliphatic carbocycles. The van der Waals surface area contributed by atoms with Gasteiger partial charge in [0, 0.05) is 6.04 Å². The number of fused-ring (bicyclic) bond motifs is 1. The van der Waals surface area contributed by atoms with Gasteiger partial charge in [0.1, 0.15) is 0 Å². The predicted octanol–water partition coefficient (Wildman–Crippen LogP) is 4.41. The Morgan fingerprint density at radius 2 is 1.74 bits per heavy atom. The minimum atomic E-state index is 0.312. The standard InChI is InChI=1S/C18H25N/c1-14(19-4)12-18(2,3)13-16-10-7-9-15-8-5-6-11-17(15)16/h5-11,14,19H,12-13H2,1-4H3. The zero-order chi connectivity index (χ0) is 13.9. The Kier molecular flexibility index (Phi) is 4.26. The lowest BCUT2D eigenvalue weighted by atomic mass is 9.79. The van der Waals surface area contributed by atoms with Crippen LogP contribution in [0.2, 0.25) is 0 Å². The van der Waals surface area contributed by atoms with E-state index in [0.29, 0.717) is 11.5 Å². The molecule has 1 N–H and O–H groups in total. The van der Waals surface area contributed by atoms with Crippen LogP contribution in [-0.4, -0.2) is 13.1 Å². The highest BCUT2D eigenvalue weighted by Crippen LogP contribution is 2.30. The fraction of sp³-hybridized carbons (Fsp3) is 0.444. The highest BCUT2D eigenvalue weighted by molar-refractivity contribution is 5.85. The fourth-order valence-corrected chi connectivity index (χ4v) is 2.97. The Morgan fingerprint density at radius 1 is 1.05 bits per heavy atom. The predicted molar refractivity (Wildman–Crippen MR) is 84.6 cm³/mol. The molecule has 1 nitrogen and oxygen atoms in total. The van der Waals surface area contributed by atoms with E-state index in [9.17, 15) is 0 Å². The van der Waals surface area contributed by atoms with Gasteiger partial charge in [-0.15, -0.1) is 0 Å². The second-order valence-corrected chi connectivity index (χ2v) is 6.37. The van der Waals surface area contributed by atoms with Crippen molar-refractivity contribution in [3.05, 3.63) is 48.0 Å². The normalized spacial score (nSPS) is 13.7. The number of hydrogen-bond acceptors (Lipinski definition) is 1. The minimum absolute atomic E-state index is 0.312. The highest BCUT2D eigenvalue weighted by Gasteiger charge is 2.21. The maximum absolute atomic E-state index is 3.34. The Morgan fingerprint density at radius 3 is 2.47 bits per heavy atom. The van der Waals surface area contributed by atoms with Gasteiger partial charge in [-0.05, 0) is 48.6 Å². The molecule has 1 heteroatoms. The van der Waals surface area contributed by atoms with E-state index < -0.39 is 0 Å². The van der Waals surface area contributed by atoms with Crippen LogP contribution in [0.5, 0.6) is 0 Å². The summed E-state index contributed by atoms with van der Waals surface area (Å²) in [6.07, 6.45) is 2.31. The average molecular weight is 255 g/mol. The lowest BCUT2D eigenvalue weighted by Gasteiger charge is -2.28. The molecule has 0 spiro atoms. The van der Waals surface area contributed by atoms with Crippen LogP contribution in [0.25, 0.3) is 10.8 Å². The van der Waals surface area contributed by atoms with Gasteiger partial charge in [0.15, 0.2) is 0 Å². The van der Waals surface area contributed by atoms with Crippen molar-refractivity contribution >= 4 is 10.8 Å². The van der Waals surface area contributed by atoms with Crippen LogP contribution in [0.3, 0.4) is 0 Å². The van der Waals surface area contributed by atoms with E-state index in [-0.39, 0.29) is 0 Å². The molecule has 19 heavy (non-hydrogen) atoms. The van der Waals surface area contributed by atoms with Crippen LogP contribution < -0.4 is 5.32 Å². The van der Waals surface area contributed by atoms with Gasteiger partial charge in [-0.25, -0.2) is 0 Å². The summed E-state index contributed by atoms with van der Waals surface area (Å²) in [6.45, 7) is 6.98. The molecule has 0 bridgehead atoms. The molecule has 1 atom stereocenters. The molecule has 1 unspecified atom stereocenters. The molecular formula is C18H25N. The Balaban J connectivity index is 2.25. The first-order valence-corrected chi connectivity index (χ1v) is 7.16. The monoisotopic (exact) mass is 255 g/mol. The van der Waals surface area contributed by atoms with Gasteiger partial charge in [0.05, 0.1) is 0 Å². The summed E-state index contributed by atoms with van der Waals surface area (Å²) < 4.78 is 0. The van der Waals surface area contributed by atoms with Gasteiger partial charge in [0.2, 0.25) is 0 Å². The van der Waals surface area contributed by atoms with Crippen molar-refractivity contribution in [3.63, 3.8) is 0 Å². The molecule has 0 heterocycles. The minimum Gasteiger partial charge on any atom is -0.317 e. The number of benzene rings is 2. The molecule has 2 aromatic rings. The first-order valence-electron chi connectivity index (χ1n) is 7.16. The molecule has 2 aromatic carbocycles. The first kappa shape index (κ1) is 14.1. The van der Waals surface area contributed by atoms with Crippen LogP contribution in [-0.2, 0) is 6.42 Å².